The number of piperidine rings is 1. The van der Waals surface area contributed by atoms with Crippen LogP contribution < -0.4 is 20.5 Å². The summed E-state index contributed by atoms with van der Waals surface area (Å²) in [6.45, 7) is 8.96. The zero-order chi connectivity index (χ0) is 17.6. The first-order chi connectivity index (χ1) is 12.1. The molecule has 2 heterocycles. The number of hydrogen-bond donors (Lipinski definition) is 2. The minimum absolute atomic E-state index is 0. The topological polar surface area (TPSA) is 72.1 Å². The molecule has 26 heavy (non-hydrogen) atoms. The molecule has 146 valence electrons. The molecule has 1 atom stereocenters. The molecule has 0 amide bonds. The van der Waals surface area contributed by atoms with Crippen molar-refractivity contribution >= 4 is 35.6 Å². The third-order valence-electron chi connectivity index (χ3n) is 4.82. The second-order valence-electron chi connectivity index (χ2n) is 7.16. The molecule has 3 rings (SSSR count). The molecule has 0 aromatic heterocycles. The molecule has 1 fully saturated rings. The molecule has 1 unspecified atom stereocenters. The summed E-state index contributed by atoms with van der Waals surface area (Å²) in [5.41, 5.74) is 6.95. The standard InChI is InChI=1S/C19H30N4O2.HI/c1-14(2)23-8-3-5-15(13-23)12-21-19(20)22-16-6-7-17-18(11-16)25-10-4-9-24-17;/h6-7,11,14-15H,3-5,8-10,12-13H2,1-2H3,(H3,20,21,22);1H. The fourth-order valence-corrected chi connectivity index (χ4v) is 3.37. The summed E-state index contributed by atoms with van der Waals surface area (Å²) < 4.78 is 11.4. The molecule has 7 heteroatoms. The highest BCUT2D eigenvalue weighted by atomic mass is 127. The van der Waals surface area contributed by atoms with Gasteiger partial charge in [-0.25, -0.2) is 0 Å². The van der Waals surface area contributed by atoms with Crippen molar-refractivity contribution in [1.29, 1.82) is 0 Å². The normalized spacial score (nSPS) is 21.0. The van der Waals surface area contributed by atoms with E-state index in [1.54, 1.807) is 0 Å². The number of likely N-dealkylation sites (tertiary alicyclic amines) is 1. The summed E-state index contributed by atoms with van der Waals surface area (Å²) in [6, 6.07) is 6.38. The number of aliphatic imine (C=N–C) groups is 1. The summed E-state index contributed by atoms with van der Waals surface area (Å²) in [5, 5.41) is 3.16. The third kappa shape index (κ3) is 5.90. The molecule has 0 aliphatic carbocycles. The minimum atomic E-state index is 0. The van der Waals surface area contributed by atoms with Crippen LogP contribution in [0, 0.1) is 5.92 Å². The van der Waals surface area contributed by atoms with Crippen LogP contribution in [0.5, 0.6) is 11.5 Å². The van der Waals surface area contributed by atoms with Crippen LogP contribution in [0.15, 0.2) is 23.2 Å². The van der Waals surface area contributed by atoms with E-state index < -0.39 is 0 Å². The molecule has 1 aromatic carbocycles. The number of nitrogens with zero attached hydrogens (tertiary/aromatic N) is 2. The Kier molecular flexibility index (Phi) is 8.27. The SMILES string of the molecule is CC(C)N1CCCC(CN=C(N)Nc2ccc3c(c2)OCCCO3)C1.I. The van der Waals surface area contributed by atoms with E-state index in [9.17, 15) is 0 Å². The molecule has 6 nitrogen and oxygen atoms in total. The van der Waals surface area contributed by atoms with Gasteiger partial charge in [-0.2, -0.15) is 0 Å². The van der Waals surface area contributed by atoms with Crippen molar-refractivity contribution in [2.45, 2.75) is 39.2 Å². The molecular weight excluding hydrogens is 443 g/mol. The van der Waals surface area contributed by atoms with Gasteiger partial charge in [-0.3, -0.25) is 4.99 Å². The van der Waals surface area contributed by atoms with Gasteiger partial charge in [0, 0.05) is 37.3 Å². The number of guanidine groups is 1. The maximum absolute atomic E-state index is 6.08. The van der Waals surface area contributed by atoms with Gasteiger partial charge in [0.05, 0.1) is 13.2 Å². The fourth-order valence-electron chi connectivity index (χ4n) is 3.37. The van der Waals surface area contributed by atoms with E-state index in [-0.39, 0.29) is 24.0 Å². The van der Waals surface area contributed by atoms with Gasteiger partial charge in [-0.05, 0) is 51.3 Å². The second-order valence-corrected chi connectivity index (χ2v) is 7.16. The van der Waals surface area contributed by atoms with Crippen molar-refractivity contribution < 1.29 is 9.47 Å². The molecule has 1 saturated heterocycles. The molecule has 0 saturated carbocycles. The Morgan fingerprint density at radius 3 is 2.81 bits per heavy atom. The minimum Gasteiger partial charge on any atom is -0.490 e. The van der Waals surface area contributed by atoms with Crippen molar-refractivity contribution in [2.24, 2.45) is 16.6 Å². The number of benzene rings is 1. The lowest BCUT2D eigenvalue weighted by Gasteiger charge is -2.34. The highest BCUT2D eigenvalue weighted by molar-refractivity contribution is 14.0. The molecule has 0 radical (unpaired) electrons. The lowest BCUT2D eigenvalue weighted by Crippen LogP contribution is -2.41. The number of hydrogen-bond acceptors (Lipinski definition) is 4. The smallest absolute Gasteiger partial charge is 0.193 e. The number of nitrogens with one attached hydrogen (secondary N) is 1. The van der Waals surface area contributed by atoms with Crippen molar-refractivity contribution in [3.63, 3.8) is 0 Å². The number of halogens is 1. The molecule has 2 aliphatic heterocycles. The maximum atomic E-state index is 6.08. The molecule has 3 N–H and O–H groups in total. The van der Waals surface area contributed by atoms with Crippen molar-refractivity contribution in [3.05, 3.63) is 18.2 Å². The van der Waals surface area contributed by atoms with Crippen molar-refractivity contribution in [2.75, 3.05) is 38.2 Å². The van der Waals surface area contributed by atoms with Gasteiger partial charge < -0.3 is 25.4 Å². The van der Waals surface area contributed by atoms with Crippen LogP contribution in [0.2, 0.25) is 0 Å². The molecule has 0 bridgehead atoms. The number of rotatable bonds is 4. The van der Waals surface area contributed by atoms with Crippen LogP contribution in [-0.2, 0) is 0 Å². The third-order valence-corrected chi connectivity index (χ3v) is 4.82. The summed E-state index contributed by atoms with van der Waals surface area (Å²) in [7, 11) is 0. The van der Waals surface area contributed by atoms with E-state index in [1.165, 1.54) is 19.4 Å². The number of nitrogens with two attached hydrogens (primary N) is 1. The van der Waals surface area contributed by atoms with Crippen LogP contribution in [-0.4, -0.2) is 49.7 Å². The molecule has 2 aliphatic rings. The average Bonchev–Trinajstić information content (AvgIpc) is 2.85. The second kappa shape index (κ2) is 10.2. The van der Waals surface area contributed by atoms with Crippen LogP contribution in [0.3, 0.4) is 0 Å². The van der Waals surface area contributed by atoms with E-state index in [1.807, 2.05) is 18.2 Å². The highest BCUT2D eigenvalue weighted by Gasteiger charge is 2.21. The Hall–Kier alpha value is -1.22. The lowest BCUT2D eigenvalue weighted by molar-refractivity contribution is 0.143. The van der Waals surface area contributed by atoms with Crippen LogP contribution in [0.4, 0.5) is 5.69 Å². The van der Waals surface area contributed by atoms with E-state index in [0.29, 0.717) is 31.1 Å². The summed E-state index contributed by atoms with van der Waals surface area (Å²) in [6.07, 6.45) is 3.37. The van der Waals surface area contributed by atoms with E-state index >= 15 is 0 Å². The summed E-state index contributed by atoms with van der Waals surface area (Å²) in [5.74, 6) is 2.58. The maximum Gasteiger partial charge on any atom is 0.193 e. The van der Waals surface area contributed by atoms with Gasteiger partial charge in [0.2, 0.25) is 0 Å². The van der Waals surface area contributed by atoms with Gasteiger partial charge in [0.1, 0.15) is 0 Å². The molecule has 1 aromatic rings. The first kappa shape index (κ1) is 21.1. The first-order valence-electron chi connectivity index (χ1n) is 9.32. The molecule has 0 spiro atoms. The van der Waals surface area contributed by atoms with E-state index in [2.05, 4.69) is 29.1 Å². The summed E-state index contributed by atoms with van der Waals surface area (Å²) >= 11 is 0. The largest absolute Gasteiger partial charge is 0.490 e. The van der Waals surface area contributed by atoms with Gasteiger partial charge in [0.15, 0.2) is 17.5 Å². The van der Waals surface area contributed by atoms with E-state index in [4.69, 9.17) is 15.2 Å². The van der Waals surface area contributed by atoms with Crippen molar-refractivity contribution in [1.82, 2.24) is 4.90 Å². The predicted molar refractivity (Wildman–Crippen MR) is 117 cm³/mol. The zero-order valence-electron chi connectivity index (χ0n) is 15.7. The Balaban J connectivity index is 0.00000243. The Morgan fingerprint density at radius 2 is 2.04 bits per heavy atom. The van der Waals surface area contributed by atoms with Crippen LogP contribution in [0.1, 0.15) is 33.1 Å². The fraction of sp³-hybridized carbons (Fsp3) is 0.632. The van der Waals surface area contributed by atoms with Gasteiger partial charge in [0.25, 0.3) is 0 Å². The van der Waals surface area contributed by atoms with Crippen LogP contribution >= 0.6 is 24.0 Å². The number of anilines is 1. The van der Waals surface area contributed by atoms with Gasteiger partial charge >= 0.3 is 0 Å². The lowest BCUT2D eigenvalue weighted by atomic mass is 9.97. The Bertz CT molecular complexity index is 609. The van der Waals surface area contributed by atoms with Gasteiger partial charge in [-0.1, -0.05) is 0 Å². The summed E-state index contributed by atoms with van der Waals surface area (Å²) in [4.78, 5) is 7.08. The van der Waals surface area contributed by atoms with Gasteiger partial charge in [-0.15, -0.1) is 24.0 Å². The highest BCUT2D eigenvalue weighted by Crippen LogP contribution is 2.32. The Labute approximate surface area is 173 Å². The molecular formula is C19H31IN4O2. The first-order valence-corrected chi connectivity index (χ1v) is 9.32. The van der Waals surface area contributed by atoms with Crippen molar-refractivity contribution in [3.8, 4) is 11.5 Å². The Morgan fingerprint density at radius 1 is 1.27 bits per heavy atom. The number of fused-ring (bicyclic) bond motifs is 1. The van der Waals surface area contributed by atoms with Crippen LogP contribution in [0.25, 0.3) is 0 Å². The quantitative estimate of drug-likeness (QED) is 0.398. The zero-order valence-corrected chi connectivity index (χ0v) is 18.1. The van der Waals surface area contributed by atoms with E-state index in [0.717, 1.165) is 36.7 Å². The monoisotopic (exact) mass is 474 g/mol. The predicted octanol–water partition coefficient (Wildman–Crippen LogP) is 3.31. The average molecular weight is 474 g/mol. The number of ether oxygens (including phenoxy) is 2.